The molecule has 0 saturated carbocycles. The third-order valence-electron chi connectivity index (χ3n) is 4.29. The topological polar surface area (TPSA) is 58.4 Å². The van der Waals surface area contributed by atoms with Gasteiger partial charge in [0.1, 0.15) is 5.82 Å². The molecule has 8 heteroatoms. The van der Waals surface area contributed by atoms with Crippen molar-refractivity contribution in [2.75, 3.05) is 18.4 Å². The van der Waals surface area contributed by atoms with E-state index in [1.165, 1.54) is 25.3 Å². The number of nitrogens with zero attached hydrogens (tertiary/aromatic N) is 2. The molecule has 1 aromatic heterocycles. The molecule has 1 aliphatic heterocycles. The Hall–Kier alpha value is -2.09. The maximum Gasteiger partial charge on any atom is 0.324 e. The van der Waals surface area contributed by atoms with Crippen molar-refractivity contribution in [2.24, 2.45) is 5.92 Å². The van der Waals surface area contributed by atoms with Gasteiger partial charge in [-0.05, 0) is 38.0 Å². The molecule has 0 spiro atoms. The number of hydrogen-bond donors (Lipinski definition) is 1. The van der Waals surface area contributed by atoms with Crippen LogP contribution in [0.25, 0.3) is 0 Å². The fourth-order valence-electron chi connectivity index (χ4n) is 2.91. The van der Waals surface area contributed by atoms with E-state index in [1.54, 1.807) is 23.1 Å². The lowest BCUT2D eigenvalue weighted by Crippen LogP contribution is -2.44. The average molecular weight is 367 g/mol. The maximum absolute atomic E-state index is 15.1. The predicted molar refractivity (Wildman–Crippen MR) is 91.6 cm³/mol. The van der Waals surface area contributed by atoms with Crippen molar-refractivity contribution in [3.8, 4) is 0 Å². The Labute approximate surface area is 148 Å². The van der Waals surface area contributed by atoms with Crippen LogP contribution in [0.4, 0.5) is 19.5 Å². The number of carbonyl (C=O) groups is 1. The van der Waals surface area contributed by atoms with Crippen molar-refractivity contribution in [2.45, 2.75) is 29.7 Å². The van der Waals surface area contributed by atoms with Crippen LogP contribution >= 0.6 is 11.8 Å². The van der Waals surface area contributed by atoms with Crippen LogP contribution in [0.2, 0.25) is 0 Å². The second-order valence-corrected chi connectivity index (χ2v) is 7.59. The molecule has 0 aliphatic carbocycles. The minimum absolute atomic E-state index is 0.213. The molecular weight excluding hydrogens is 348 g/mol. The van der Waals surface area contributed by atoms with Gasteiger partial charge in [-0.15, -0.1) is 0 Å². The lowest BCUT2D eigenvalue weighted by molar-refractivity contribution is 0.124. The first kappa shape index (κ1) is 17.7. The van der Waals surface area contributed by atoms with Crippen molar-refractivity contribution >= 4 is 23.7 Å². The summed E-state index contributed by atoms with van der Waals surface area (Å²) in [6.45, 7) is 2.43. The highest BCUT2D eigenvalue weighted by Crippen LogP contribution is 2.44. The van der Waals surface area contributed by atoms with Gasteiger partial charge in [-0.25, -0.2) is 13.6 Å². The Kier molecular flexibility index (Phi) is 5.27. The smallest absolute Gasteiger partial charge is 0.324 e. The van der Waals surface area contributed by atoms with E-state index in [2.05, 4.69) is 10.5 Å². The number of nitrogens with one attached hydrogen (secondary N) is 1. The van der Waals surface area contributed by atoms with Crippen molar-refractivity contribution < 1.29 is 18.1 Å². The third kappa shape index (κ3) is 4.50. The van der Waals surface area contributed by atoms with Gasteiger partial charge < -0.3 is 9.42 Å². The van der Waals surface area contributed by atoms with Crippen molar-refractivity contribution in [3.05, 3.63) is 42.3 Å². The van der Waals surface area contributed by atoms with Gasteiger partial charge in [0.05, 0.1) is 6.20 Å². The molecule has 1 N–H and O–H groups in total. The minimum Gasteiger partial charge on any atom is -0.338 e. The van der Waals surface area contributed by atoms with Crippen molar-refractivity contribution in [1.29, 1.82) is 0 Å². The van der Waals surface area contributed by atoms with Crippen LogP contribution in [-0.4, -0.2) is 34.2 Å². The normalized spacial score (nSPS) is 18.0. The van der Waals surface area contributed by atoms with E-state index < -0.39 is 5.00 Å². The molecular formula is C17H19F2N3O2S. The molecule has 2 aromatic rings. The minimum atomic E-state index is -1.53. The van der Waals surface area contributed by atoms with E-state index in [0.29, 0.717) is 30.8 Å². The number of rotatable bonds is 4. The number of amides is 2. The van der Waals surface area contributed by atoms with E-state index in [9.17, 15) is 9.18 Å². The summed E-state index contributed by atoms with van der Waals surface area (Å²) in [5, 5.41) is 4.61. The lowest BCUT2D eigenvalue weighted by Gasteiger charge is -2.37. The summed E-state index contributed by atoms with van der Waals surface area (Å²) in [6.07, 6.45) is 2.53. The summed E-state index contributed by atoms with van der Waals surface area (Å²) in [6, 6.07) is 7.22. The Balaban J connectivity index is 1.54. The summed E-state index contributed by atoms with van der Waals surface area (Å²) < 4.78 is 33.3. The molecule has 2 heterocycles. The lowest BCUT2D eigenvalue weighted by atomic mass is 9.92. The molecule has 25 heavy (non-hydrogen) atoms. The molecule has 1 fully saturated rings. The fourth-order valence-corrected chi connectivity index (χ4v) is 4.09. The Morgan fingerprint density at radius 1 is 1.40 bits per heavy atom. The molecule has 5 nitrogen and oxygen atoms in total. The number of halogens is 2. The zero-order valence-corrected chi connectivity index (χ0v) is 14.6. The zero-order chi connectivity index (χ0) is 17.9. The number of alkyl halides is 1. The van der Waals surface area contributed by atoms with Gasteiger partial charge in [0.2, 0.25) is 5.88 Å². The van der Waals surface area contributed by atoms with E-state index in [4.69, 9.17) is 4.52 Å². The second-order valence-electron chi connectivity index (χ2n) is 6.11. The molecule has 2 amide bonds. The van der Waals surface area contributed by atoms with E-state index in [0.717, 1.165) is 11.8 Å². The van der Waals surface area contributed by atoms with Gasteiger partial charge in [-0.2, -0.15) is 0 Å². The van der Waals surface area contributed by atoms with Gasteiger partial charge in [0.15, 0.2) is 5.00 Å². The van der Waals surface area contributed by atoms with Crippen LogP contribution < -0.4 is 5.32 Å². The first-order valence-electron chi connectivity index (χ1n) is 8.04. The molecule has 134 valence electrons. The monoisotopic (exact) mass is 367 g/mol. The average Bonchev–Trinajstić information content (AvgIpc) is 3.07. The van der Waals surface area contributed by atoms with Crippen LogP contribution in [0.5, 0.6) is 0 Å². The van der Waals surface area contributed by atoms with Crippen molar-refractivity contribution in [1.82, 2.24) is 10.1 Å². The molecule has 1 aromatic carbocycles. The number of anilines is 1. The molecule has 0 radical (unpaired) electrons. The van der Waals surface area contributed by atoms with E-state index in [-0.39, 0.29) is 23.7 Å². The van der Waals surface area contributed by atoms with E-state index >= 15 is 4.39 Å². The summed E-state index contributed by atoms with van der Waals surface area (Å²) in [5.41, 5.74) is 0. The number of likely N-dealkylation sites (tertiary alicyclic amines) is 1. The number of benzene rings is 1. The molecule has 1 unspecified atom stereocenters. The molecule has 1 aliphatic rings. The van der Waals surface area contributed by atoms with E-state index in [1.807, 2.05) is 0 Å². The van der Waals surface area contributed by atoms with Crippen LogP contribution in [0.1, 0.15) is 19.8 Å². The number of hydrogen-bond acceptors (Lipinski definition) is 4. The first-order chi connectivity index (χ1) is 11.9. The number of piperidine rings is 1. The number of urea groups is 1. The number of carbonyl (C=O) groups excluding carboxylic acids is 1. The molecule has 3 rings (SSSR count). The predicted octanol–water partition coefficient (Wildman–Crippen LogP) is 4.54. The Morgan fingerprint density at radius 3 is 2.80 bits per heavy atom. The van der Waals surface area contributed by atoms with Gasteiger partial charge >= 0.3 is 6.03 Å². The van der Waals surface area contributed by atoms with Crippen molar-refractivity contribution in [3.63, 3.8) is 0 Å². The van der Waals surface area contributed by atoms with Crippen LogP contribution in [0.15, 0.2) is 45.9 Å². The largest absolute Gasteiger partial charge is 0.338 e. The standard InChI is InChI=1S/C17H19F2N3O2S/c1-17(19,25-14-4-2-3-13(18)11-14)12-6-9-22(10-7-12)16(23)21-15-5-8-20-24-15/h2-5,8,11-12H,6-7,9-10H2,1H3,(H,21,23). The SMILES string of the molecule is CC(F)(Sc1cccc(F)c1)C1CCN(C(=O)Nc2ccno2)CC1. The highest BCUT2D eigenvalue weighted by atomic mass is 32.2. The van der Waals surface area contributed by atoms with Crippen LogP contribution in [0, 0.1) is 11.7 Å². The highest BCUT2D eigenvalue weighted by Gasteiger charge is 2.38. The second kappa shape index (κ2) is 7.43. The zero-order valence-electron chi connectivity index (χ0n) is 13.7. The fraction of sp³-hybridized carbons (Fsp3) is 0.412. The summed E-state index contributed by atoms with van der Waals surface area (Å²) in [5.74, 6) is -0.307. The third-order valence-corrected chi connectivity index (χ3v) is 5.51. The Bertz CT molecular complexity index is 716. The number of thioether (sulfide) groups is 1. The summed E-state index contributed by atoms with van der Waals surface area (Å²) >= 11 is 1.03. The molecule has 1 saturated heterocycles. The maximum atomic E-state index is 15.1. The first-order valence-corrected chi connectivity index (χ1v) is 8.86. The van der Waals surface area contributed by atoms with Gasteiger partial charge in [0.25, 0.3) is 0 Å². The van der Waals surface area contributed by atoms with Gasteiger partial charge in [-0.3, -0.25) is 5.32 Å². The van der Waals surface area contributed by atoms with Gasteiger partial charge in [-0.1, -0.05) is 23.0 Å². The molecule has 0 bridgehead atoms. The summed E-state index contributed by atoms with van der Waals surface area (Å²) in [4.78, 5) is 14.3. The quantitative estimate of drug-likeness (QED) is 0.807. The summed E-state index contributed by atoms with van der Waals surface area (Å²) in [7, 11) is 0. The highest BCUT2D eigenvalue weighted by molar-refractivity contribution is 8.00. The number of aromatic nitrogens is 1. The van der Waals surface area contributed by atoms with Crippen LogP contribution in [-0.2, 0) is 0 Å². The van der Waals surface area contributed by atoms with Gasteiger partial charge in [0, 0.05) is 30.0 Å². The molecule has 1 atom stereocenters. The Morgan fingerprint density at radius 2 is 2.16 bits per heavy atom. The van der Waals surface area contributed by atoms with Crippen LogP contribution in [0.3, 0.4) is 0 Å².